The second-order valence-electron chi connectivity index (χ2n) is 7.06. The molecule has 0 radical (unpaired) electrons. The minimum atomic E-state index is -0.170. The molecule has 1 heterocycles. The van der Waals surface area contributed by atoms with E-state index in [2.05, 4.69) is 28.1 Å². The Morgan fingerprint density at radius 3 is 1.85 bits per heavy atom. The van der Waals surface area contributed by atoms with Gasteiger partial charge in [0.15, 0.2) is 0 Å². The number of amides is 2. The first-order valence-corrected chi connectivity index (χ1v) is 9.51. The molecule has 2 amide bonds. The molecular weight excluding hydrogens is 394 g/mol. The molecule has 0 spiro atoms. The van der Waals surface area contributed by atoms with E-state index in [4.69, 9.17) is 4.74 Å². The summed E-state index contributed by atoms with van der Waals surface area (Å²) < 4.78 is 6.79. The van der Waals surface area contributed by atoms with Crippen molar-refractivity contribution in [3.8, 4) is 11.5 Å². The molecule has 0 aromatic heterocycles. The summed E-state index contributed by atoms with van der Waals surface area (Å²) in [7, 11) is 0. The van der Waals surface area contributed by atoms with Crippen molar-refractivity contribution in [3.05, 3.63) is 65.2 Å². The fraction of sp³-hybridized carbons (Fsp3) is 0.238. The van der Waals surface area contributed by atoms with Crippen molar-refractivity contribution in [2.24, 2.45) is 23.7 Å². The van der Waals surface area contributed by atoms with Crippen LogP contribution in [0.4, 0.5) is 5.69 Å². The first-order chi connectivity index (χ1) is 12.6. The zero-order valence-electron chi connectivity index (χ0n) is 13.8. The van der Waals surface area contributed by atoms with E-state index in [-0.39, 0.29) is 35.5 Å². The molecule has 5 rings (SSSR count). The Hall–Kier alpha value is -2.40. The number of hydrogen-bond acceptors (Lipinski definition) is 3. The minimum Gasteiger partial charge on any atom is -0.457 e. The highest BCUT2D eigenvalue weighted by Gasteiger charge is 2.59. The van der Waals surface area contributed by atoms with Gasteiger partial charge in [-0.15, -0.1) is 0 Å². The first kappa shape index (κ1) is 15.8. The van der Waals surface area contributed by atoms with Crippen LogP contribution >= 0.6 is 15.9 Å². The lowest BCUT2D eigenvalue weighted by atomic mass is 9.85. The summed E-state index contributed by atoms with van der Waals surface area (Å²) in [6.45, 7) is 0. The highest BCUT2D eigenvalue weighted by atomic mass is 79.9. The van der Waals surface area contributed by atoms with Gasteiger partial charge in [-0.05, 0) is 66.8 Å². The van der Waals surface area contributed by atoms with Gasteiger partial charge in [0.25, 0.3) is 0 Å². The van der Waals surface area contributed by atoms with Gasteiger partial charge in [-0.25, -0.2) is 0 Å². The van der Waals surface area contributed by atoms with Gasteiger partial charge in [0.2, 0.25) is 11.8 Å². The maximum Gasteiger partial charge on any atom is 0.238 e. The Balaban J connectivity index is 1.37. The molecule has 2 bridgehead atoms. The van der Waals surface area contributed by atoms with Crippen LogP contribution in [0.3, 0.4) is 0 Å². The molecule has 1 saturated heterocycles. The average molecular weight is 410 g/mol. The Labute approximate surface area is 159 Å². The third kappa shape index (κ3) is 2.34. The fourth-order valence-corrected chi connectivity index (χ4v) is 4.72. The number of nitrogens with zero attached hydrogens (tertiary/aromatic N) is 1. The van der Waals surface area contributed by atoms with Crippen LogP contribution in [0.2, 0.25) is 0 Å². The minimum absolute atomic E-state index is 0.0570. The van der Waals surface area contributed by atoms with E-state index >= 15 is 0 Å². The molecule has 4 nitrogen and oxygen atoms in total. The molecule has 1 aliphatic heterocycles. The predicted octanol–water partition coefficient (Wildman–Crippen LogP) is 4.55. The molecule has 26 heavy (non-hydrogen) atoms. The molecule has 2 aromatic rings. The summed E-state index contributed by atoms with van der Waals surface area (Å²) in [5, 5.41) is 0. The molecule has 0 N–H and O–H groups in total. The van der Waals surface area contributed by atoms with Crippen molar-refractivity contribution in [1.82, 2.24) is 0 Å². The highest BCUT2D eigenvalue weighted by molar-refractivity contribution is 9.10. The van der Waals surface area contributed by atoms with Crippen molar-refractivity contribution in [2.45, 2.75) is 6.42 Å². The van der Waals surface area contributed by atoms with Crippen LogP contribution in [0, 0.1) is 23.7 Å². The van der Waals surface area contributed by atoms with Gasteiger partial charge in [0.05, 0.1) is 17.5 Å². The van der Waals surface area contributed by atoms with Gasteiger partial charge in [0, 0.05) is 4.47 Å². The Kier molecular flexibility index (Phi) is 3.54. The standard InChI is InChI=1S/C21H16BrNO3/c22-14-3-7-16(8-4-14)26-17-9-5-15(6-10-17)23-20(24)18-12-1-2-13(11-12)19(18)21(23)25/h1-10,12-13,18-19H,11H2/t12-,13-,18-,19-/m0/s1. The second kappa shape index (κ2) is 5.81. The van der Waals surface area contributed by atoms with Gasteiger partial charge in [-0.2, -0.15) is 0 Å². The molecule has 3 aliphatic rings. The number of ether oxygens (including phenoxy) is 1. The normalized spacial score (nSPS) is 28.7. The first-order valence-electron chi connectivity index (χ1n) is 8.71. The summed E-state index contributed by atoms with van der Waals surface area (Å²) in [6, 6.07) is 14.7. The van der Waals surface area contributed by atoms with Crippen LogP contribution in [0.25, 0.3) is 0 Å². The zero-order chi connectivity index (χ0) is 17.8. The molecule has 0 unspecified atom stereocenters. The number of allylic oxidation sites excluding steroid dienone is 2. The van der Waals surface area contributed by atoms with Gasteiger partial charge in [-0.1, -0.05) is 28.1 Å². The summed E-state index contributed by atoms with van der Waals surface area (Å²) >= 11 is 3.39. The Bertz CT molecular complexity index is 889. The van der Waals surface area contributed by atoms with E-state index in [1.54, 1.807) is 24.3 Å². The molecule has 2 aromatic carbocycles. The molecule has 2 aliphatic carbocycles. The molecular formula is C21H16BrNO3. The van der Waals surface area contributed by atoms with Crippen LogP contribution in [-0.2, 0) is 9.59 Å². The average Bonchev–Trinajstić information content (AvgIpc) is 3.32. The number of imide groups is 1. The largest absolute Gasteiger partial charge is 0.457 e. The SMILES string of the molecule is O=C1[C@@H]2[C@@H](C(=O)N1c1ccc(Oc3ccc(Br)cc3)cc1)[C@H]1C=C[C@H]2C1. The molecule has 4 atom stereocenters. The van der Waals surface area contributed by atoms with Crippen molar-refractivity contribution in [1.29, 1.82) is 0 Å². The summed E-state index contributed by atoms with van der Waals surface area (Å²) in [4.78, 5) is 27.0. The topological polar surface area (TPSA) is 46.6 Å². The predicted molar refractivity (Wildman–Crippen MR) is 101 cm³/mol. The zero-order valence-corrected chi connectivity index (χ0v) is 15.4. The number of anilines is 1. The summed E-state index contributed by atoms with van der Waals surface area (Å²) in [5.74, 6) is 1.39. The van der Waals surface area contributed by atoms with Crippen molar-refractivity contribution in [2.75, 3.05) is 4.90 Å². The van der Waals surface area contributed by atoms with Crippen LogP contribution < -0.4 is 9.64 Å². The van der Waals surface area contributed by atoms with Gasteiger partial charge < -0.3 is 4.74 Å². The maximum absolute atomic E-state index is 12.8. The van der Waals surface area contributed by atoms with Gasteiger partial charge >= 0.3 is 0 Å². The van der Waals surface area contributed by atoms with Crippen LogP contribution in [0.1, 0.15) is 6.42 Å². The molecule has 2 fully saturated rings. The number of carbonyl (C=O) groups is 2. The number of halogens is 1. The second-order valence-corrected chi connectivity index (χ2v) is 7.98. The van der Waals surface area contributed by atoms with Crippen LogP contribution in [0.5, 0.6) is 11.5 Å². The molecule has 5 heteroatoms. The summed E-state index contributed by atoms with van der Waals surface area (Å²) in [6.07, 6.45) is 5.16. The van der Waals surface area contributed by atoms with Crippen molar-refractivity contribution >= 4 is 33.4 Å². The number of fused-ring (bicyclic) bond motifs is 5. The van der Waals surface area contributed by atoms with E-state index in [0.29, 0.717) is 11.4 Å². The van der Waals surface area contributed by atoms with Crippen molar-refractivity contribution in [3.63, 3.8) is 0 Å². The quantitative estimate of drug-likeness (QED) is 0.551. The lowest BCUT2D eigenvalue weighted by Crippen LogP contribution is -2.32. The molecule has 130 valence electrons. The van der Waals surface area contributed by atoms with E-state index < -0.39 is 0 Å². The van der Waals surface area contributed by atoms with E-state index in [0.717, 1.165) is 16.6 Å². The van der Waals surface area contributed by atoms with Gasteiger partial charge in [0.1, 0.15) is 11.5 Å². The van der Waals surface area contributed by atoms with Crippen molar-refractivity contribution < 1.29 is 14.3 Å². The third-order valence-corrected chi connectivity index (χ3v) is 6.14. The fourth-order valence-electron chi connectivity index (χ4n) is 4.46. The number of rotatable bonds is 3. The smallest absolute Gasteiger partial charge is 0.238 e. The molecule has 1 saturated carbocycles. The van der Waals surface area contributed by atoms with Gasteiger partial charge in [-0.3, -0.25) is 14.5 Å². The monoisotopic (exact) mass is 409 g/mol. The summed E-state index contributed by atoms with van der Waals surface area (Å²) in [5.41, 5.74) is 0.622. The Morgan fingerprint density at radius 2 is 1.31 bits per heavy atom. The Morgan fingerprint density at radius 1 is 0.808 bits per heavy atom. The van der Waals surface area contributed by atoms with Crippen LogP contribution in [-0.4, -0.2) is 11.8 Å². The lowest BCUT2D eigenvalue weighted by molar-refractivity contribution is -0.123. The van der Waals surface area contributed by atoms with E-state index in [9.17, 15) is 9.59 Å². The number of hydrogen-bond donors (Lipinski definition) is 0. The van der Waals surface area contributed by atoms with Crippen LogP contribution in [0.15, 0.2) is 65.2 Å². The van der Waals surface area contributed by atoms with E-state index in [1.807, 2.05) is 24.3 Å². The third-order valence-electron chi connectivity index (χ3n) is 5.61. The highest BCUT2D eigenvalue weighted by Crippen LogP contribution is 2.53. The maximum atomic E-state index is 12.8. The lowest BCUT2D eigenvalue weighted by Gasteiger charge is -2.17. The van der Waals surface area contributed by atoms with E-state index in [1.165, 1.54) is 4.90 Å². The number of carbonyl (C=O) groups excluding carboxylic acids is 2. The number of benzene rings is 2.